The monoisotopic (exact) mass is 275 g/mol. The standard InChI is InChI=1S/C18H29NO/c1-2-16-9-11-17(12-10-16)15-19-13-6-14-20-18-7-4-3-5-8-18/h3-5,7-8,16-17,19H,2,6,9-15H2,1H3. The van der Waals surface area contributed by atoms with Gasteiger partial charge in [0.25, 0.3) is 0 Å². The van der Waals surface area contributed by atoms with Crippen molar-refractivity contribution in [3.63, 3.8) is 0 Å². The van der Waals surface area contributed by atoms with Crippen LogP contribution in [0.1, 0.15) is 45.4 Å². The Balaban J connectivity index is 1.46. The average molecular weight is 275 g/mol. The van der Waals surface area contributed by atoms with Gasteiger partial charge in [0.2, 0.25) is 0 Å². The average Bonchev–Trinajstić information content (AvgIpc) is 2.52. The number of rotatable bonds is 8. The third-order valence-electron chi connectivity index (χ3n) is 4.49. The SMILES string of the molecule is CCC1CCC(CNCCCOc2ccccc2)CC1. The molecule has 2 nitrogen and oxygen atoms in total. The molecule has 1 aliphatic rings. The van der Waals surface area contributed by atoms with Gasteiger partial charge in [-0.1, -0.05) is 44.4 Å². The van der Waals surface area contributed by atoms with Crippen molar-refractivity contribution in [1.82, 2.24) is 5.32 Å². The molecule has 112 valence electrons. The minimum absolute atomic E-state index is 0.805. The first-order chi connectivity index (χ1) is 9.88. The summed E-state index contributed by atoms with van der Waals surface area (Å²) in [5.74, 6) is 2.89. The smallest absolute Gasteiger partial charge is 0.119 e. The van der Waals surface area contributed by atoms with Crippen LogP contribution in [-0.2, 0) is 0 Å². The van der Waals surface area contributed by atoms with Crippen molar-refractivity contribution in [2.24, 2.45) is 11.8 Å². The summed E-state index contributed by atoms with van der Waals surface area (Å²) in [5.41, 5.74) is 0. The maximum absolute atomic E-state index is 5.69. The maximum atomic E-state index is 5.69. The molecule has 20 heavy (non-hydrogen) atoms. The van der Waals surface area contributed by atoms with Gasteiger partial charge in [-0.15, -0.1) is 0 Å². The van der Waals surface area contributed by atoms with Crippen LogP contribution in [0.4, 0.5) is 0 Å². The Labute approximate surface area is 123 Å². The number of para-hydroxylation sites is 1. The van der Waals surface area contributed by atoms with E-state index in [4.69, 9.17) is 4.74 Å². The normalized spacial score (nSPS) is 22.6. The third kappa shape index (κ3) is 5.54. The Kier molecular flexibility index (Phi) is 6.93. The van der Waals surface area contributed by atoms with E-state index < -0.39 is 0 Å². The second-order valence-electron chi connectivity index (χ2n) is 6.01. The molecule has 0 aromatic heterocycles. The first kappa shape index (κ1) is 15.4. The van der Waals surface area contributed by atoms with Crippen LogP contribution in [0.15, 0.2) is 30.3 Å². The van der Waals surface area contributed by atoms with Gasteiger partial charge in [0, 0.05) is 0 Å². The van der Waals surface area contributed by atoms with Crippen LogP contribution in [0.5, 0.6) is 5.75 Å². The van der Waals surface area contributed by atoms with Gasteiger partial charge in [0.05, 0.1) is 6.61 Å². The van der Waals surface area contributed by atoms with Crippen molar-refractivity contribution in [2.45, 2.75) is 45.4 Å². The Bertz CT molecular complexity index is 344. The van der Waals surface area contributed by atoms with Gasteiger partial charge in [0.15, 0.2) is 0 Å². The van der Waals surface area contributed by atoms with Crippen LogP contribution in [0, 0.1) is 11.8 Å². The van der Waals surface area contributed by atoms with Crippen molar-refractivity contribution >= 4 is 0 Å². The Morgan fingerprint density at radius 2 is 1.75 bits per heavy atom. The van der Waals surface area contributed by atoms with Gasteiger partial charge >= 0.3 is 0 Å². The summed E-state index contributed by atoms with van der Waals surface area (Å²) in [5, 5.41) is 3.59. The Morgan fingerprint density at radius 3 is 2.45 bits per heavy atom. The summed E-state index contributed by atoms with van der Waals surface area (Å²) in [7, 11) is 0. The molecule has 1 aromatic carbocycles. The molecular weight excluding hydrogens is 246 g/mol. The molecule has 0 unspecified atom stereocenters. The van der Waals surface area contributed by atoms with Crippen molar-refractivity contribution in [2.75, 3.05) is 19.7 Å². The largest absolute Gasteiger partial charge is 0.494 e. The summed E-state index contributed by atoms with van der Waals surface area (Å²) in [6.45, 7) is 5.40. The van der Waals surface area contributed by atoms with Gasteiger partial charge in [-0.2, -0.15) is 0 Å². The van der Waals surface area contributed by atoms with E-state index in [0.717, 1.165) is 37.2 Å². The van der Waals surface area contributed by atoms with Crippen molar-refractivity contribution in [1.29, 1.82) is 0 Å². The van der Waals surface area contributed by atoms with Crippen LogP contribution in [0.25, 0.3) is 0 Å². The summed E-state index contributed by atoms with van der Waals surface area (Å²) < 4.78 is 5.69. The highest BCUT2D eigenvalue weighted by Crippen LogP contribution is 2.29. The third-order valence-corrected chi connectivity index (χ3v) is 4.49. The molecular formula is C18H29NO. The number of nitrogens with one attached hydrogen (secondary N) is 1. The molecule has 0 spiro atoms. The summed E-state index contributed by atoms with van der Waals surface area (Å²) in [6.07, 6.45) is 8.19. The predicted octanol–water partition coefficient (Wildman–Crippen LogP) is 4.26. The summed E-state index contributed by atoms with van der Waals surface area (Å²) in [4.78, 5) is 0. The highest BCUT2D eigenvalue weighted by atomic mass is 16.5. The molecule has 0 saturated heterocycles. The van der Waals surface area contributed by atoms with E-state index in [1.807, 2.05) is 30.3 Å². The molecule has 1 aromatic rings. The van der Waals surface area contributed by atoms with Gasteiger partial charge in [-0.3, -0.25) is 0 Å². The fourth-order valence-electron chi connectivity index (χ4n) is 3.05. The second-order valence-corrected chi connectivity index (χ2v) is 6.01. The molecule has 0 amide bonds. The molecule has 0 atom stereocenters. The summed E-state index contributed by atoms with van der Waals surface area (Å²) >= 11 is 0. The molecule has 0 radical (unpaired) electrons. The van der Waals surface area contributed by atoms with Crippen molar-refractivity contribution < 1.29 is 4.74 Å². The fraction of sp³-hybridized carbons (Fsp3) is 0.667. The molecule has 0 bridgehead atoms. The van der Waals surface area contributed by atoms with E-state index in [2.05, 4.69) is 12.2 Å². The lowest BCUT2D eigenvalue weighted by molar-refractivity contribution is 0.258. The zero-order valence-electron chi connectivity index (χ0n) is 12.8. The molecule has 1 aliphatic carbocycles. The minimum atomic E-state index is 0.805. The lowest BCUT2D eigenvalue weighted by Crippen LogP contribution is -2.27. The van der Waals surface area contributed by atoms with Crippen molar-refractivity contribution in [3.05, 3.63) is 30.3 Å². The lowest BCUT2D eigenvalue weighted by Gasteiger charge is -2.27. The van der Waals surface area contributed by atoms with Crippen LogP contribution < -0.4 is 10.1 Å². The van der Waals surface area contributed by atoms with Gasteiger partial charge in [0.1, 0.15) is 5.75 Å². The Morgan fingerprint density at radius 1 is 1.05 bits per heavy atom. The number of ether oxygens (including phenoxy) is 1. The molecule has 0 aliphatic heterocycles. The van der Waals surface area contributed by atoms with E-state index in [-0.39, 0.29) is 0 Å². The second kappa shape index (κ2) is 9.02. The Hall–Kier alpha value is -1.02. The van der Waals surface area contributed by atoms with Gasteiger partial charge in [-0.25, -0.2) is 0 Å². The molecule has 1 saturated carbocycles. The topological polar surface area (TPSA) is 21.3 Å². The maximum Gasteiger partial charge on any atom is 0.119 e. The summed E-state index contributed by atoms with van der Waals surface area (Å²) in [6, 6.07) is 10.1. The van der Waals surface area contributed by atoms with E-state index >= 15 is 0 Å². The zero-order valence-corrected chi connectivity index (χ0v) is 12.8. The van der Waals surface area contributed by atoms with Gasteiger partial charge in [-0.05, 0) is 56.3 Å². The van der Waals surface area contributed by atoms with E-state index in [1.165, 1.54) is 38.6 Å². The zero-order chi connectivity index (χ0) is 14.0. The number of hydrogen-bond acceptors (Lipinski definition) is 2. The van der Waals surface area contributed by atoms with Crippen LogP contribution in [0.3, 0.4) is 0 Å². The highest BCUT2D eigenvalue weighted by Gasteiger charge is 2.19. The van der Waals surface area contributed by atoms with Crippen LogP contribution in [0.2, 0.25) is 0 Å². The van der Waals surface area contributed by atoms with Crippen LogP contribution in [-0.4, -0.2) is 19.7 Å². The fourth-order valence-corrected chi connectivity index (χ4v) is 3.05. The van der Waals surface area contributed by atoms with Crippen LogP contribution >= 0.6 is 0 Å². The molecule has 2 heteroatoms. The quantitative estimate of drug-likeness (QED) is 0.716. The predicted molar refractivity (Wildman–Crippen MR) is 85.2 cm³/mol. The number of benzene rings is 1. The van der Waals surface area contributed by atoms with E-state index in [9.17, 15) is 0 Å². The molecule has 0 heterocycles. The van der Waals surface area contributed by atoms with E-state index in [1.54, 1.807) is 0 Å². The van der Waals surface area contributed by atoms with Crippen molar-refractivity contribution in [3.8, 4) is 5.75 Å². The van der Waals surface area contributed by atoms with Gasteiger partial charge < -0.3 is 10.1 Å². The highest BCUT2D eigenvalue weighted by molar-refractivity contribution is 5.20. The first-order valence-corrected chi connectivity index (χ1v) is 8.27. The molecule has 2 rings (SSSR count). The molecule has 1 N–H and O–H groups in total. The molecule has 1 fully saturated rings. The lowest BCUT2D eigenvalue weighted by atomic mass is 9.81. The first-order valence-electron chi connectivity index (χ1n) is 8.27. The van der Waals surface area contributed by atoms with E-state index in [0.29, 0.717) is 0 Å². The number of hydrogen-bond donors (Lipinski definition) is 1. The minimum Gasteiger partial charge on any atom is -0.494 e.